The molecule has 9 nitrogen and oxygen atoms in total. The summed E-state index contributed by atoms with van der Waals surface area (Å²) < 4.78 is 18.8. The molecule has 1 aromatic heterocycles. The maximum absolute atomic E-state index is 13.1. The van der Waals surface area contributed by atoms with E-state index < -0.39 is 28.6 Å². The highest BCUT2D eigenvalue weighted by molar-refractivity contribution is 5.97. The van der Waals surface area contributed by atoms with Crippen LogP contribution in [-0.2, 0) is 4.79 Å². The topological polar surface area (TPSA) is 127 Å². The molecule has 1 heterocycles. The second kappa shape index (κ2) is 11.2. The monoisotopic (exact) mass is 480 g/mol. The lowest BCUT2D eigenvalue weighted by molar-refractivity contribution is -0.384. The molecule has 2 amide bonds. The second-order valence-corrected chi connectivity index (χ2v) is 8.36. The van der Waals surface area contributed by atoms with Crippen LogP contribution in [0.1, 0.15) is 41.9 Å². The first-order valence-electron chi connectivity index (χ1n) is 10.9. The third kappa shape index (κ3) is 6.83. The van der Waals surface area contributed by atoms with Gasteiger partial charge in [-0.25, -0.2) is 9.82 Å². The molecule has 2 aromatic carbocycles. The molecule has 0 bridgehead atoms. The van der Waals surface area contributed by atoms with Crippen molar-refractivity contribution in [3.05, 3.63) is 87.4 Å². The summed E-state index contributed by atoms with van der Waals surface area (Å²) in [5, 5.41) is 17.5. The normalized spacial score (nSPS) is 12.0. The number of hydrogen-bond acceptors (Lipinski definition) is 6. The first-order chi connectivity index (χ1) is 16.6. The van der Waals surface area contributed by atoms with E-state index in [1.807, 2.05) is 13.8 Å². The average Bonchev–Trinajstić information content (AvgIpc) is 3.27. The summed E-state index contributed by atoms with van der Waals surface area (Å²) in [6.45, 7) is 5.57. The summed E-state index contributed by atoms with van der Waals surface area (Å²) in [5.74, 6) is -0.506. The van der Waals surface area contributed by atoms with Gasteiger partial charge in [0.15, 0.2) is 0 Å². The van der Waals surface area contributed by atoms with Crippen molar-refractivity contribution in [1.82, 2.24) is 10.7 Å². The summed E-state index contributed by atoms with van der Waals surface area (Å²) in [5.41, 5.74) is 4.01. The predicted octanol–water partition coefficient (Wildman–Crippen LogP) is 4.60. The van der Waals surface area contributed by atoms with Crippen molar-refractivity contribution < 1.29 is 23.3 Å². The first kappa shape index (κ1) is 25.3. The number of nitrogens with zero attached hydrogens (tertiary/aromatic N) is 2. The molecule has 0 radical (unpaired) electrons. The molecule has 0 unspecified atom stereocenters. The molecular weight excluding hydrogens is 455 g/mol. The summed E-state index contributed by atoms with van der Waals surface area (Å²) in [4.78, 5) is 35.6. The number of nitro groups is 1. The third-order valence-electron chi connectivity index (χ3n) is 5.11. The number of benzene rings is 2. The van der Waals surface area contributed by atoms with Crippen LogP contribution in [0, 0.1) is 28.8 Å². The number of carbonyl (C=O) groups is 2. The van der Waals surface area contributed by atoms with E-state index in [0.717, 1.165) is 0 Å². The van der Waals surface area contributed by atoms with Gasteiger partial charge in [0.25, 0.3) is 17.5 Å². The Morgan fingerprint density at radius 2 is 1.86 bits per heavy atom. The number of nitro benzene ring substituents is 1. The van der Waals surface area contributed by atoms with Crippen LogP contribution in [0.5, 0.6) is 0 Å². The van der Waals surface area contributed by atoms with Gasteiger partial charge in [-0.3, -0.25) is 19.7 Å². The van der Waals surface area contributed by atoms with Crippen LogP contribution in [0.2, 0.25) is 0 Å². The highest BCUT2D eigenvalue weighted by atomic mass is 19.1. The van der Waals surface area contributed by atoms with Crippen molar-refractivity contribution in [3.8, 4) is 11.3 Å². The van der Waals surface area contributed by atoms with Crippen molar-refractivity contribution >= 4 is 23.7 Å². The Morgan fingerprint density at radius 1 is 1.14 bits per heavy atom. The minimum Gasteiger partial charge on any atom is -0.455 e. The van der Waals surface area contributed by atoms with Crippen LogP contribution in [-0.4, -0.2) is 29.0 Å². The molecule has 1 atom stereocenters. The maximum atomic E-state index is 13.1. The van der Waals surface area contributed by atoms with Crippen molar-refractivity contribution in [1.29, 1.82) is 0 Å². The fraction of sp³-hybridized carbons (Fsp3) is 0.240. The quantitative estimate of drug-likeness (QED) is 0.263. The lowest BCUT2D eigenvalue weighted by Crippen LogP contribution is -2.46. The fourth-order valence-electron chi connectivity index (χ4n) is 3.39. The Kier molecular flexibility index (Phi) is 8.08. The number of halogens is 1. The molecule has 0 aliphatic rings. The zero-order chi connectivity index (χ0) is 25.5. The SMILES string of the molecule is Cc1cc([N+](=O)[O-])ccc1-c1ccc(/C=N\NC(=O)[C@@H](CC(C)C)NC(=O)c2ccc(F)cc2)o1. The Labute approximate surface area is 201 Å². The highest BCUT2D eigenvalue weighted by Crippen LogP contribution is 2.28. The van der Waals surface area contributed by atoms with E-state index in [-0.39, 0.29) is 17.2 Å². The Balaban J connectivity index is 1.65. The van der Waals surface area contributed by atoms with E-state index in [4.69, 9.17) is 4.42 Å². The number of amides is 2. The molecule has 0 aliphatic heterocycles. The Morgan fingerprint density at radius 3 is 2.49 bits per heavy atom. The molecule has 10 heteroatoms. The van der Waals surface area contributed by atoms with Crippen molar-refractivity contribution in [2.45, 2.75) is 33.2 Å². The highest BCUT2D eigenvalue weighted by Gasteiger charge is 2.22. The summed E-state index contributed by atoms with van der Waals surface area (Å²) >= 11 is 0. The second-order valence-electron chi connectivity index (χ2n) is 8.36. The van der Waals surface area contributed by atoms with Gasteiger partial charge in [-0.05, 0) is 67.3 Å². The number of aryl methyl sites for hydroxylation is 1. The van der Waals surface area contributed by atoms with Crippen molar-refractivity contribution in [3.63, 3.8) is 0 Å². The molecule has 3 rings (SSSR count). The Bertz CT molecular complexity index is 1250. The zero-order valence-electron chi connectivity index (χ0n) is 19.4. The smallest absolute Gasteiger partial charge is 0.269 e. The van der Waals surface area contributed by atoms with Gasteiger partial charge >= 0.3 is 0 Å². The molecule has 0 aliphatic carbocycles. The summed E-state index contributed by atoms with van der Waals surface area (Å²) in [6, 6.07) is 12.0. The molecule has 0 saturated heterocycles. The standard InChI is InChI=1S/C25H25FN4O5/c1-15(2)12-22(28-24(31)17-4-6-18(26)7-5-17)25(32)29-27-14-20-9-11-23(35-20)21-10-8-19(30(33)34)13-16(21)3/h4-11,13-15,22H,12H2,1-3H3,(H,28,31)(H,29,32)/b27-14-/t22-/m1/s1. The molecule has 2 N–H and O–H groups in total. The van der Waals surface area contributed by atoms with E-state index in [9.17, 15) is 24.1 Å². The average molecular weight is 480 g/mol. The number of furan rings is 1. The number of nitrogens with one attached hydrogen (secondary N) is 2. The van der Waals surface area contributed by atoms with E-state index in [1.165, 1.54) is 42.6 Å². The number of hydrogen-bond donors (Lipinski definition) is 2. The van der Waals surface area contributed by atoms with Gasteiger partial charge in [-0.15, -0.1) is 0 Å². The third-order valence-corrected chi connectivity index (χ3v) is 5.11. The number of non-ortho nitro benzene ring substituents is 1. The number of carbonyl (C=O) groups excluding carboxylic acids is 2. The molecule has 0 spiro atoms. The largest absolute Gasteiger partial charge is 0.455 e. The van der Waals surface area contributed by atoms with E-state index in [2.05, 4.69) is 15.8 Å². The summed E-state index contributed by atoms with van der Waals surface area (Å²) in [7, 11) is 0. The van der Waals surface area contributed by atoms with Crippen LogP contribution in [0.15, 0.2) is 64.1 Å². The zero-order valence-corrected chi connectivity index (χ0v) is 19.4. The molecule has 35 heavy (non-hydrogen) atoms. The minimum absolute atomic E-state index is 0.00947. The van der Waals surface area contributed by atoms with Crippen LogP contribution < -0.4 is 10.7 Å². The van der Waals surface area contributed by atoms with E-state index >= 15 is 0 Å². The van der Waals surface area contributed by atoms with Crippen molar-refractivity contribution in [2.24, 2.45) is 11.0 Å². The van der Waals surface area contributed by atoms with Gasteiger partial charge in [0.05, 0.1) is 11.1 Å². The van der Waals surface area contributed by atoms with Crippen LogP contribution in [0.25, 0.3) is 11.3 Å². The lowest BCUT2D eigenvalue weighted by Gasteiger charge is -2.19. The molecule has 3 aromatic rings. The van der Waals surface area contributed by atoms with Crippen LogP contribution >= 0.6 is 0 Å². The van der Waals surface area contributed by atoms with Gasteiger partial charge in [0.1, 0.15) is 23.4 Å². The number of hydrazone groups is 1. The molecular formula is C25H25FN4O5. The van der Waals surface area contributed by atoms with Crippen LogP contribution in [0.4, 0.5) is 10.1 Å². The molecule has 182 valence electrons. The van der Waals surface area contributed by atoms with Gasteiger partial charge in [-0.1, -0.05) is 13.8 Å². The summed E-state index contributed by atoms with van der Waals surface area (Å²) in [6.07, 6.45) is 1.69. The molecule has 0 fully saturated rings. The fourth-order valence-corrected chi connectivity index (χ4v) is 3.39. The van der Waals surface area contributed by atoms with Crippen LogP contribution in [0.3, 0.4) is 0 Å². The number of rotatable bonds is 9. The van der Waals surface area contributed by atoms with E-state index in [1.54, 1.807) is 25.1 Å². The van der Waals surface area contributed by atoms with Gasteiger partial charge in [-0.2, -0.15) is 5.10 Å². The van der Waals surface area contributed by atoms with E-state index in [0.29, 0.717) is 29.1 Å². The maximum Gasteiger partial charge on any atom is 0.269 e. The van der Waals surface area contributed by atoms with Crippen molar-refractivity contribution in [2.75, 3.05) is 0 Å². The lowest BCUT2D eigenvalue weighted by atomic mass is 10.0. The van der Waals surface area contributed by atoms with Gasteiger partial charge in [0.2, 0.25) is 0 Å². The first-order valence-corrected chi connectivity index (χ1v) is 10.9. The van der Waals surface area contributed by atoms with Gasteiger partial charge < -0.3 is 9.73 Å². The minimum atomic E-state index is -0.848. The van der Waals surface area contributed by atoms with Gasteiger partial charge in [0, 0.05) is 23.3 Å². The molecule has 0 saturated carbocycles. The predicted molar refractivity (Wildman–Crippen MR) is 128 cm³/mol. The Hall–Kier alpha value is -4.34.